The zero-order chi connectivity index (χ0) is 17.5. The Morgan fingerprint density at radius 1 is 1.39 bits per heavy atom. The van der Waals surface area contributed by atoms with E-state index in [2.05, 4.69) is 5.32 Å². The van der Waals surface area contributed by atoms with Crippen molar-refractivity contribution < 1.29 is 19.1 Å². The second-order valence-corrected chi connectivity index (χ2v) is 7.44. The summed E-state index contributed by atoms with van der Waals surface area (Å²) in [5, 5.41) is 2.93. The van der Waals surface area contributed by atoms with Gasteiger partial charge in [0.05, 0.1) is 6.10 Å². The minimum Gasteiger partial charge on any atom is -0.444 e. The molecule has 1 saturated heterocycles. The minimum atomic E-state index is -0.495. The van der Waals surface area contributed by atoms with E-state index < -0.39 is 5.60 Å². The largest absolute Gasteiger partial charge is 0.444 e. The van der Waals surface area contributed by atoms with E-state index in [0.29, 0.717) is 19.5 Å². The van der Waals surface area contributed by atoms with Crippen molar-refractivity contribution in [3.8, 4) is 0 Å². The molecule has 6 nitrogen and oxygen atoms in total. The molecule has 6 heteroatoms. The second kappa shape index (κ2) is 9.11. The number of nitrogens with one attached hydrogen (secondary N) is 1. The third-order valence-electron chi connectivity index (χ3n) is 3.66. The van der Waals surface area contributed by atoms with E-state index in [0.717, 1.165) is 25.9 Å². The molecule has 0 aromatic heterocycles. The maximum Gasteiger partial charge on any atom is 0.410 e. The standard InChI is InChI=1S/C17H32N2O4/c1-13(12-19(5)16(21)23-17(2,3)4)11-18-15(20)9-8-14-7-6-10-22-14/h13-14H,6-12H2,1-5H3,(H,18,20). The molecule has 0 aromatic carbocycles. The smallest absolute Gasteiger partial charge is 0.410 e. The Bertz CT molecular complexity index is 387. The maximum absolute atomic E-state index is 11.9. The normalized spacial score (nSPS) is 19.3. The lowest BCUT2D eigenvalue weighted by atomic mass is 10.1. The van der Waals surface area contributed by atoms with E-state index in [1.165, 1.54) is 0 Å². The zero-order valence-corrected chi connectivity index (χ0v) is 15.2. The van der Waals surface area contributed by atoms with Crippen molar-refractivity contribution in [1.29, 1.82) is 0 Å². The zero-order valence-electron chi connectivity index (χ0n) is 15.2. The highest BCUT2D eigenvalue weighted by atomic mass is 16.6. The van der Waals surface area contributed by atoms with Gasteiger partial charge >= 0.3 is 6.09 Å². The summed E-state index contributed by atoms with van der Waals surface area (Å²) >= 11 is 0. The lowest BCUT2D eigenvalue weighted by Crippen LogP contribution is -2.39. The number of rotatable bonds is 7. The fraction of sp³-hybridized carbons (Fsp3) is 0.882. The van der Waals surface area contributed by atoms with Gasteiger partial charge in [-0.2, -0.15) is 0 Å². The van der Waals surface area contributed by atoms with Crippen LogP contribution in [-0.2, 0) is 14.3 Å². The maximum atomic E-state index is 11.9. The minimum absolute atomic E-state index is 0.0484. The van der Waals surface area contributed by atoms with Gasteiger partial charge < -0.3 is 19.7 Å². The quantitative estimate of drug-likeness (QED) is 0.780. The predicted molar refractivity (Wildman–Crippen MR) is 89.2 cm³/mol. The number of amides is 2. The monoisotopic (exact) mass is 328 g/mol. The SMILES string of the molecule is CC(CNC(=O)CCC1CCCO1)CN(C)C(=O)OC(C)(C)C. The molecule has 134 valence electrons. The van der Waals surface area contributed by atoms with Crippen LogP contribution in [0.4, 0.5) is 4.79 Å². The molecule has 0 spiro atoms. The molecular formula is C17H32N2O4. The molecular weight excluding hydrogens is 296 g/mol. The van der Waals surface area contributed by atoms with Crippen molar-refractivity contribution >= 4 is 12.0 Å². The van der Waals surface area contributed by atoms with Crippen LogP contribution in [0.15, 0.2) is 0 Å². The summed E-state index contributed by atoms with van der Waals surface area (Å²) in [6.07, 6.45) is 3.35. The second-order valence-electron chi connectivity index (χ2n) is 7.44. The van der Waals surface area contributed by atoms with E-state index >= 15 is 0 Å². The van der Waals surface area contributed by atoms with Gasteiger partial charge in [-0.15, -0.1) is 0 Å². The lowest BCUT2D eigenvalue weighted by molar-refractivity contribution is -0.121. The first-order chi connectivity index (χ1) is 10.7. The Morgan fingerprint density at radius 2 is 2.09 bits per heavy atom. The Hall–Kier alpha value is -1.30. The molecule has 1 aliphatic rings. The van der Waals surface area contributed by atoms with Crippen LogP contribution in [0.5, 0.6) is 0 Å². The van der Waals surface area contributed by atoms with Crippen LogP contribution >= 0.6 is 0 Å². The van der Waals surface area contributed by atoms with E-state index in [1.54, 1.807) is 11.9 Å². The Labute approximate surface area is 139 Å². The first-order valence-electron chi connectivity index (χ1n) is 8.50. The number of hydrogen-bond donors (Lipinski definition) is 1. The number of ether oxygens (including phenoxy) is 2. The van der Waals surface area contributed by atoms with Gasteiger partial charge in [-0.1, -0.05) is 6.92 Å². The first kappa shape index (κ1) is 19.7. The highest BCUT2D eigenvalue weighted by Gasteiger charge is 2.21. The van der Waals surface area contributed by atoms with Gasteiger partial charge in [-0.05, 0) is 46.0 Å². The molecule has 23 heavy (non-hydrogen) atoms. The molecule has 0 aliphatic carbocycles. The molecule has 0 aromatic rings. The van der Waals surface area contributed by atoms with Crippen molar-refractivity contribution in [3.05, 3.63) is 0 Å². The van der Waals surface area contributed by atoms with Crippen molar-refractivity contribution in [1.82, 2.24) is 10.2 Å². The van der Waals surface area contributed by atoms with E-state index in [4.69, 9.17) is 9.47 Å². The molecule has 1 fully saturated rings. The topological polar surface area (TPSA) is 67.9 Å². The van der Waals surface area contributed by atoms with Crippen molar-refractivity contribution in [3.63, 3.8) is 0 Å². The van der Waals surface area contributed by atoms with Gasteiger partial charge in [-0.3, -0.25) is 4.79 Å². The lowest BCUT2D eigenvalue weighted by Gasteiger charge is -2.26. The van der Waals surface area contributed by atoms with Gasteiger partial charge in [0.25, 0.3) is 0 Å². The van der Waals surface area contributed by atoms with Crippen LogP contribution in [0.25, 0.3) is 0 Å². The molecule has 1 N–H and O–H groups in total. The molecule has 1 aliphatic heterocycles. The van der Waals surface area contributed by atoms with Crippen molar-refractivity contribution in [2.45, 2.75) is 65.1 Å². The first-order valence-corrected chi connectivity index (χ1v) is 8.50. The summed E-state index contributed by atoms with van der Waals surface area (Å²) < 4.78 is 10.8. The average Bonchev–Trinajstić information content (AvgIpc) is 2.94. The van der Waals surface area contributed by atoms with E-state index in [-0.39, 0.29) is 24.0 Å². The molecule has 0 radical (unpaired) electrons. The molecule has 2 amide bonds. The van der Waals surface area contributed by atoms with Gasteiger partial charge in [-0.25, -0.2) is 4.79 Å². The molecule has 1 heterocycles. The summed E-state index contributed by atoms with van der Waals surface area (Å²) in [5.41, 5.74) is -0.495. The third kappa shape index (κ3) is 8.79. The highest BCUT2D eigenvalue weighted by Crippen LogP contribution is 2.16. The molecule has 0 bridgehead atoms. The molecule has 2 unspecified atom stereocenters. The van der Waals surface area contributed by atoms with Crippen LogP contribution < -0.4 is 5.32 Å². The van der Waals surface area contributed by atoms with Crippen LogP contribution in [-0.4, -0.2) is 55.3 Å². The molecule has 0 saturated carbocycles. The van der Waals surface area contributed by atoms with Gasteiger partial charge in [0.1, 0.15) is 5.60 Å². The molecule has 2 atom stereocenters. The third-order valence-corrected chi connectivity index (χ3v) is 3.66. The van der Waals surface area contributed by atoms with Crippen LogP contribution in [0.2, 0.25) is 0 Å². The number of carbonyl (C=O) groups excluding carboxylic acids is 2. The van der Waals surface area contributed by atoms with E-state index in [1.807, 2.05) is 27.7 Å². The van der Waals surface area contributed by atoms with Crippen LogP contribution in [0, 0.1) is 5.92 Å². The van der Waals surface area contributed by atoms with Crippen LogP contribution in [0.3, 0.4) is 0 Å². The Morgan fingerprint density at radius 3 is 2.65 bits per heavy atom. The Kier molecular flexibility index (Phi) is 7.82. The molecule has 1 rings (SSSR count). The van der Waals surface area contributed by atoms with Crippen LogP contribution in [0.1, 0.15) is 53.4 Å². The summed E-state index contributed by atoms with van der Waals surface area (Å²) in [5.74, 6) is 0.214. The number of nitrogens with zero attached hydrogens (tertiary/aromatic N) is 1. The fourth-order valence-electron chi connectivity index (χ4n) is 2.49. The van der Waals surface area contributed by atoms with Gasteiger partial charge in [0.15, 0.2) is 0 Å². The fourth-order valence-corrected chi connectivity index (χ4v) is 2.49. The summed E-state index contributed by atoms with van der Waals surface area (Å²) in [6, 6.07) is 0. The summed E-state index contributed by atoms with van der Waals surface area (Å²) in [7, 11) is 1.71. The predicted octanol–water partition coefficient (Wildman–Crippen LogP) is 2.56. The van der Waals surface area contributed by atoms with Gasteiger partial charge in [0, 0.05) is 33.2 Å². The Balaban J connectivity index is 2.18. The van der Waals surface area contributed by atoms with Crippen molar-refractivity contribution in [2.75, 3.05) is 26.7 Å². The summed E-state index contributed by atoms with van der Waals surface area (Å²) in [6.45, 7) is 9.45. The van der Waals surface area contributed by atoms with Crippen molar-refractivity contribution in [2.24, 2.45) is 5.92 Å². The average molecular weight is 328 g/mol. The highest BCUT2D eigenvalue weighted by molar-refractivity contribution is 5.75. The van der Waals surface area contributed by atoms with Gasteiger partial charge in [0.2, 0.25) is 5.91 Å². The number of hydrogen-bond acceptors (Lipinski definition) is 4. The number of carbonyl (C=O) groups is 2. The summed E-state index contributed by atoms with van der Waals surface area (Å²) in [4.78, 5) is 25.3. The van der Waals surface area contributed by atoms with E-state index in [9.17, 15) is 9.59 Å².